The van der Waals surface area contributed by atoms with E-state index in [1.165, 1.54) is 0 Å². The van der Waals surface area contributed by atoms with E-state index < -0.39 is 0 Å². The molecule has 0 aliphatic rings. The van der Waals surface area contributed by atoms with Crippen molar-refractivity contribution in [3.05, 3.63) is 0 Å². The Labute approximate surface area is 71.9 Å². The lowest BCUT2D eigenvalue weighted by atomic mass is 9.86. The summed E-state index contributed by atoms with van der Waals surface area (Å²) in [5.41, 5.74) is 0. The van der Waals surface area contributed by atoms with Gasteiger partial charge >= 0.3 is 0 Å². The van der Waals surface area contributed by atoms with Crippen LogP contribution >= 0.6 is 0 Å². The molecule has 0 radical (unpaired) electrons. The van der Waals surface area contributed by atoms with Crippen LogP contribution in [0, 0.1) is 17.8 Å². The lowest BCUT2D eigenvalue weighted by Gasteiger charge is -2.21. The lowest BCUT2D eigenvalue weighted by Crippen LogP contribution is -2.26. The summed E-state index contributed by atoms with van der Waals surface area (Å²) in [7, 11) is 0.513. The summed E-state index contributed by atoms with van der Waals surface area (Å²) in [5.74, 6) is 0.821. The van der Waals surface area contributed by atoms with E-state index >= 15 is 0 Å². The van der Waals surface area contributed by atoms with Crippen molar-refractivity contribution in [3.8, 4) is 0 Å². The number of hydrogen-bond acceptors (Lipinski definition) is 2. The molecule has 0 aliphatic carbocycles. The first-order valence-corrected chi connectivity index (χ1v) is 4.90. The molecule has 0 aromatic heterocycles. The van der Waals surface area contributed by atoms with Crippen molar-refractivity contribution in [2.75, 3.05) is 0 Å². The Morgan fingerprint density at radius 3 is 1.64 bits per heavy atom. The van der Waals surface area contributed by atoms with Gasteiger partial charge in [-0.25, -0.2) is 0 Å². The second-order valence-corrected chi connectivity index (χ2v) is 3.95. The average molecular weight is 174 g/mol. The van der Waals surface area contributed by atoms with Gasteiger partial charge in [0.25, 0.3) is 5.97 Å². The molecule has 66 valence electrons. The van der Waals surface area contributed by atoms with Gasteiger partial charge in [-0.2, -0.15) is 0 Å². The van der Waals surface area contributed by atoms with Gasteiger partial charge in [-0.15, -0.1) is 0 Å². The molecular weight excluding hydrogens is 156 g/mol. The number of carbonyl (C=O) groups excluding carboxylic acids is 1. The fourth-order valence-electron chi connectivity index (χ4n) is 1.45. The first kappa shape index (κ1) is 10.7. The van der Waals surface area contributed by atoms with Crippen molar-refractivity contribution >= 4 is 16.5 Å². The third kappa shape index (κ3) is 3.06. The summed E-state index contributed by atoms with van der Waals surface area (Å²) in [6.45, 7) is 8.23. The first-order chi connectivity index (χ1) is 5.00. The van der Waals surface area contributed by atoms with Gasteiger partial charge < -0.3 is 4.43 Å². The molecule has 0 saturated heterocycles. The molecule has 0 aliphatic heterocycles. The quantitative estimate of drug-likeness (QED) is 0.590. The van der Waals surface area contributed by atoms with Crippen LogP contribution in [-0.2, 0) is 9.22 Å². The summed E-state index contributed by atoms with van der Waals surface area (Å²) in [4.78, 5) is 11.2. The highest BCUT2D eigenvalue weighted by Gasteiger charge is 2.25. The monoisotopic (exact) mass is 174 g/mol. The smallest absolute Gasteiger partial charge is 0.295 e. The summed E-state index contributed by atoms with van der Waals surface area (Å²) in [6.07, 6.45) is 0. The van der Waals surface area contributed by atoms with E-state index in [0.29, 0.717) is 22.3 Å². The maximum Gasteiger partial charge on any atom is 0.295 e. The third-order valence-electron chi connectivity index (χ3n) is 1.91. The predicted octanol–water partition coefficient (Wildman–Crippen LogP) is 0.738. The van der Waals surface area contributed by atoms with Crippen molar-refractivity contribution in [1.82, 2.24) is 0 Å². The maximum absolute atomic E-state index is 11.2. The van der Waals surface area contributed by atoms with Crippen LogP contribution in [0.2, 0.25) is 0 Å². The zero-order valence-corrected chi connectivity index (χ0v) is 10.0. The highest BCUT2D eigenvalue weighted by atomic mass is 28.2. The second kappa shape index (κ2) is 4.54. The number of rotatable bonds is 3. The Bertz CT molecular complexity index is 124. The number of carbonyl (C=O) groups is 1. The van der Waals surface area contributed by atoms with Crippen molar-refractivity contribution < 1.29 is 9.22 Å². The molecule has 0 rings (SSSR count). The highest BCUT2D eigenvalue weighted by molar-refractivity contribution is 6.05. The molecular formula is C8H18O2Si. The van der Waals surface area contributed by atoms with E-state index in [-0.39, 0.29) is 11.9 Å². The minimum absolute atomic E-state index is 0.0262. The van der Waals surface area contributed by atoms with Crippen molar-refractivity contribution in [1.29, 1.82) is 0 Å². The molecule has 0 unspecified atom stereocenters. The van der Waals surface area contributed by atoms with Gasteiger partial charge in [0.05, 0.1) is 5.92 Å². The van der Waals surface area contributed by atoms with E-state index in [1.54, 1.807) is 0 Å². The summed E-state index contributed by atoms with van der Waals surface area (Å²) in [5, 5.41) is 0. The van der Waals surface area contributed by atoms with Gasteiger partial charge in [0.1, 0.15) is 0 Å². The molecule has 0 heterocycles. The van der Waals surface area contributed by atoms with Gasteiger partial charge in [-0.05, 0) is 11.8 Å². The molecule has 0 saturated carbocycles. The largest absolute Gasteiger partial charge is 0.529 e. The SMILES string of the molecule is CC(C)C(C(=O)O[SiH3])C(C)C. The Balaban J connectivity index is 4.22. The Hall–Kier alpha value is -0.313. The van der Waals surface area contributed by atoms with Gasteiger partial charge in [-0.1, -0.05) is 27.7 Å². The van der Waals surface area contributed by atoms with Crippen LogP contribution < -0.4 is 0 Å². The topological polar surface area (TPSA) is 26.3 Å². The standard InChI is InChI=1S/C8H18O2Si/c1-5(2)7(6(3)4)8(9)10-11/h5-7H,1-4,11H3. The normalized spacial score (nSPS) is 11.5. The van der Waals surface area contributed by atoms with E-state index in [1.807, 2.05) is 0 Å². The third-order valence-corrected chi connectivity index (χ3v) is 2.31. The van der Waals surface area contributed by atoms with E-state index in [2.05, 4.69) is 27.7 Å². The van der Waals surface area contributed by atoms with Gasteiger partial charge in [0.15, 0.2) is 0 Å². The zero-order valence-electron chi connectivity index (χ0n) is 8.05. The summed E-state index contributed by atoms with van der Waals surface area (Å²) in [6, 6.07) is 0. The molecule has 2 nitrogen and oxygen atoms in total. The van der Waals surface area contributed by atoms with Gasteiger partial charge in [0, 0.05) is 0 Å². The van der Waals surface area contributed by atoms with Crippen LogP contribution in [0.15, 0.2) is 0 Å². The Kier molecular flexibility index (Phi) is 4.41. The molecule has 0 atom stereocenters. The van der Waals surface area contributed by atoms with E-state index in [0.717, 1.165) is 0 Å². The van der Waals surface area contributed by atoms with E-state index in [4.69, 9.17) is 4.43 Å². The van der Waals surface area contributed by atoms with Crippen LogP contribution in [0.4, 0.5) is 0 Å². The highest BCUT2D eigenvalue weighted by Crippen LogP contribution is 2.21. The minimum Gasteiger partial charge on any atom is -0.529 e. The average Bonchev–Trinajstić information content (AvgIpc) is 1.85. The molecule has 0 N–H and O–H groups in total. The lowest BCUT2D eigenvalue weighted by molar-refractivity contribution is -0.141. The maximum atomic E-state index is 11.2. The van der Waals surface area contributed by atoms with Crippen molar-refractivity contribution in [2.45, 2.75) is 27.7 Å². The number of hydrogen-bond donors (Lipinski definition) is 0. The molecule has 11 heavy (non-hydrogen) atoms. The Morgan fingerprint density at radius 1 is 1.18 bits per heavy atom. The first-order valence-electron chi connectivity index (χ1n) is 4.08. The van der Waals surface area contributed by atoms with Crippen LogP contribution in [0.3, 0.4) is 0 Å². The zero-order chi connectivity index (χ0) is 9.02. The molecule has 0 spiro atoms. The van der Waals surface area contributed by atoms with Gasteiger partial charge in [0.2, 0.25) is 10.5 Å². The molecule has 0 aromatic rings. The fraction of sp³-hybridized carbons (Fsp3) is 0.875. The second-order valence-electron chi connectivity index (χ2n) is 3.54. The molecule has 0 aromatic carbocycles. The van der Waals surface area contributed by atoms with Crippen LogP contribution in [0.1, 0.15) is 27.7 Å². The van der Waals surface area contributed by atoms with Crippen LogP contribution in [0.25, 0.3) is 0 Å². The molecule has 3 heteroatoms. The summed E-state index contributed by atoms with van der Waals surface area (Å²) >= 11 is 0. The van der Waals surface area contributed by atoms with Crippen LogP contribution in [-0.4, -0.2) is 16.5 Å². The molecule has 0 bridgehead atoms. The fourth-order valence-corrected chi connectivity index (χ4v) is 1.72. The molecule has 0 amide bonds. The van der Waals surface area contributed by atoms with Crippen LogP contribution in [0.5, 0.6) is 0 Å². The minimum atomic E-state index is -0.0262. The van der Waals surface area contributed by atoms with Crippen molar-refractivity contribution in [3.63, 3.8) is 0 Å². The van der Waals surface area contributed by atoms with Gasteiger partial charge in [-0.3, -0.25) is 4.79 Å². The summed E-state index contributed by atoms with van der Waals surface area (Å²) < 4.78 is 4.83. The van der Waals surface area contributed by atoms with E-state index in [9.17, 15) is 4.79 Å². The Morgan fingerprint density at radius 2 is 1.55 bits per heavy atom. The van der Waals surface area contributed by atoms with Crippen molar-refractivity contribution in [2.24, 2.45) is 17.8 Å². The predicted molar refractivity (Wildman–Crippen MR) is 49.2 cm³/mol. The molecule has 0 fully saturated rings.